The first-order chi connectivity index (χ1) is 7.59. The number of phenolic OH excluding ortho intramolecular Hbond substituents is 1. The van der Waals surface area contributed by atoms with Gasteiger partial charge in [0, 0.05) is 3.57 Å². The molecule has 0 aliphatic rings. The zero-order valence-electron chi connectivity index (χ0n) is 9.29. The number of benzene rings is 2. The van der Waals surface area contributed by atoms with Crippen LogP contribution in [0.4, 0.5) is 0 Å². The summed E-state index contributed by atoms with van der Waals surface area (Å²) >= 11 is 2.35. The van der Waals surface area contributed by atoms with Crippen LogP contribution in [0.1, 0.15) is 11.1 Å². The van der Waals surface area contributed by atoms with Crippen LogP contribution >= 0.6 is 22.6 Å². The fourth-order valence-corrected chi connectivity index (χ4v) is 2.33. The van der Waals surface area contributed by atoms with E-state index in [1.807, 2.05) is 12.1 Å². The van der Waals surface area contributed by atoms with Gasteiger partial charge in [0.1, 0.15) is 5.75 Å². The largest absolute Gasteiger partial charge is 0.508 e. The SMILES string of the molecule is Cc1c(I)ccc(-c2ccc(O)cc2)c1C. The standard InChI is InChI=1S/C14H13IO/c1-9-10(2)14(15)8-7-13(9)11-3-5-12(16)6-4-11/h3-8,16H,1-2H3. The lowest BCUT2D eigenvalue weighted by molar-refractivity contribution is 0.475. The number of phenols is 1. The molecule has 0 fully saturated rings. The first kappa shape index (κ1) is 11.5. The number of rotatable bonds is 1. The predicted molar refractivity (Wildman–Crippen MR) is 75.7 cm³/mol. The molecule has 0 aliphatic heterocycles. The normalized spacial score (nSPS) is 10.4. The molecule has 0 aromatic heterocycles. The van der Waals surface area contributed by atoms with Gasteiger partial charge in [-0.2, -0.15) is 0 Å². The lowest BCUT2D eigenvalue weighted by atomic mass is 9.97. The van der Waals surface area contributed by atoms with Gasteiger partial charge in [-0.15, -0.1) is 0 Å². The summed E-state index contributed by atoms with van der Waals surface area (Å²) in [6.45, 7) is 4.28. The van der Waals surface area contributed by atoms with Crippen LogP contribution in [-0.4, -0.2) is 5.11 Å². The Bertz CT molecular complexity index is 515. The maximum Gasteiger partial charge on any atom is 0.115 e. The number of aromatic hydroxyl groups is 1. The number of halogens is 1. The summed E-state index contributed by atoms with van der Waals surface area (Å²) < 4.78 is 1.29. The summed E-state index contributed by atoms with van der Waals surface area (Å²) in [6, 6.07) is 11.6. The van der Waals surface area contributed by atoms with Crippen molar-refractivity contribution in [3.05, 3.63) is 51.1 Å². The van der Waals surface area contributed by atoms with Crippen LogP contribution in [0, 0.1) is 17.4 Å². The topological polar surface area (TPSA) is 20.2 Å². The third-order valence-corrected chi connectivity index (χ3v) is 4.07. The van der Waals surface area contributed by atoms with Crippen molar-refractivity contribution < 1.29 is 5.11 Å². The molecule has 0 radical (unpaired) electrons. The summed E-state index contributed by atoms with van der Waals surface area (Å²) in [5, 5.41) is 9.27. The van der Waals surface area contributed by atoms with E-state index in [2.05, 4.69) is 48.6 Å². The van der Waals surface area contributed by atoms with Gasteiger partial charge in [0.05, 0.1) is 0 Å². The van der Waals surface area contributed by atoms with Gasteiger partial charge in [0.15, 0.2) is 0 Å². The van der Waals surface area contributed by atoms with E-state index >= 15 is 0 Å². The van der Waals surface area contributed by atoms with E-state index in [1.54, 1.807) is 12.1 Å². The zero-order valence-corrected chi connectivity index (χ0v) is 11.4. The minimum Gasteiger partial charge on any atom is -0.508 e. The number of hydrogen-bond donors (Lipinski definition) is 1. The average molecular weight is 324 g/mol. The van der Waals surface area contributed by atoms with Gasteiger partial charge in [0.25, 0.3) is 0 Å². The Kier molecular flexibility index (Phi) is 3.19. The summed E-state index contributed by atoms with van der Waals surface area (Å²) in [4.78, 5) is 0. The first-order valence-electron chi connectivity index (χ1n) is 5.14. The monoisotopic (exact) mass is 324 g/mol. The van der Waals surface area contributed by atoms with Crippen molar-refractivity contribution in [2.45, 2.75) is 13.8 Å². The van der Waals surface area contributed by atoms with Crippen molar-refractivity contribution in [3.63, 3.8) is 0 Å². The predicted octanol–water partition coefficient (Wildman–Crippen LogP) is 4.28. The zero-order chi connectivity index (χ0) is 11.7. The van der Waals surface area contributed by atoms with Crippen LogP contribution in [0.2, 0.25) is 0 Å². The van der Waals surface area contributed by atoms with Gasteiger partial charge in [-0.25, -0.2) is 0 Å². The first-order valence-corrected chi connectivity index (χ1v) is 6.22. The molecule has 2 aromatic carbocycles. The smallest absolute Gasteiger partial charge is 0.115 e. The average Bonchev–Trinajstić information content (AvgIpc) is 2.28. The van der Waals surface area contributed by atoms with E-state index in [1.165, 1.54) is 20.3 Å². The van der Waals surface area contributed by atoms with E-state index in [-0.39, 0.29) is 0 Å². The highest BCUT2D eigenvalue weighted by molar-refractivity contribution is 14.1. The number of hydrogen-bond acceptors (Lipinski definition) is 1. The van der Waals surface area contributed by atoms with Crippen molar-refractivity contribution in [2.75, 3.05) is 0 Å². The fraction of sp³-hybridized carbons (Fsp3) is 0.143. The Labute approximate surface area is 109 Å². The molecule has 0 amide bonds. The molecule has 0 atom stereocenters. The maximum absolute atomic E-state index is 9.27. The van der Waals surface area contributed by atoms with Gasteiger partial charge in [-0.3, -0.25) is 0 Å². The molecule has 1 N–H and O–H groups in total. The van der Waals surface area contributed by atoms with E-state index in [9.17, 15) is 5.11 Å². The van der Waals surface area contributed by atoms with Gasteiger partial charge in [-0.1, -0.05) is 18.2 Å². The third-order valence-electron chi connectivity index (χ3n) is 2.90. The van der Waals surface area contributed by atoms with Gasteiger partial charge in [0.2, 0.25) is 0 Å². The van der Waals surface area contributed by atoms with Crippen molar-refractivity contribution in [2.24, 2.45) is 0 Å². The highest BCUT2D eigenvalue weighted by Crippen LogP contribution is 2.29. The molecule has 0 saturated heterocycles. The van der Waals surface area contributed by atoms with E-state index in [4.69, 9.17) is 0 Å². The second-order valence-corrected chi connectivity index (χ2v) is 5.05. The summed E-state index contributed by atoms with van der Waals surface area (Å²) in [5.74, 6) is 0.309. The summed E-state index contributed by atoms with van der Waals surface area (Å²) in [6.07, 6.45) is 0. The molecule has 0 aliphatic carbocycles. The van der Waals surface area contributed by atoms with Gasteiger partial charge in [-0.05, 0) is 76.9 Å². The Morgan fingerprint density at radius 1 is 0.875 bits per heavy atom. The minimum atomic E-state index is 0.309. The van der Waals surface area contributed by atoms with Crippen LogP contribution in [0.15, 0.2) is 36.4 Å². The molecular weight excluding hydrogens is 311 g/mol. The Morgan fingerprint density at radius 2 is 1.50 bits per heavy atom. The minimum absolute atomic E-state index is 0.309. The Balaban J connectivity index is 2.57. The molecule has 2 aromatic rings. The molecule has 16 heavy (non-hydrogen) atoms. The highest BCUT2D eigenvalue weighted by Gasteiger charge is 2.06. The van der Waals surface area contributed by atoms with E-state index in [0.29, 0.717) is 5.75 Å². The molecule has 2 rings (SSSR count). The van der Waals surface area contributed by atoms with Crippen molar-refractivity contribution in [1.29, 1.82) is 0 Å². The molecule has 1 nitrogen and oxygen atoms in total. The third kappa shape index (κ3) is 2.07. The van der Waals surface area contributed by atoms with E-state index in [0.717, 1.165) is 5.56 Å². The molecule has 0 heterocycles. The lowest BCUT2D eigenvalue weighted by Gasteiger charge is -2.10. The van der Waals surface area contributed by atoms with Crippen LogP contribution < -0.4 is 0 Å². The molecule has 0 spiro atoms. The van der Waals surface area contributed by atoms with Gasteiger partial charge >= 0.3 is 0 Å². The Hall–Kier alpha value is -1.03. The quantitative estimate of drug-likeness (QED) is 0.776. The maximum atomic E-state index is 9.27. The summed E-state index contributed by atoms with van der Waals surface area (Å²) in [5.41, 5.74) is 5.01. The van der Waals surface area contributed by atoms with Crippen LogP contribution in [0.3, 0.4) is 0 Å². The molecule has 0 bridgehead atoms. The van der Waals surface area contributed by atoms with Crippen LogP contribution in [-0.2, 0) is 0 Å². The van der Waals surface area contributed by atoms with Crippen LogP contribution in [0.5, 0.6) is 5.75 Å². The van der Waals surface area contributed by atoms with Crippen molar-refractivity contribution in [1.82, 2.24) is 0 Å². The molecule has 0 unspecified atom stereocenters. The molecule has 2 heteroatoms. The summed E-state index contributed by atoms with van der Waals surface area (Å²) in [7, 11) is 0. The molecule has 82 valence electrons. The highest BCUT2D eigenvalue weighted by atomic mass is 127. The Morgan fingerprint density at radius 3 is 2.12 bits per heavy atom. The lowest BCUT2D eigenvalue weighted by Crippen LogP contribution is -1.90. The second-order valence-electron chi connectivity index (χ2n) is 3.89. The van der Waals surface area contributed by atoms with E-state index < -0.39 is 0 Å². The van der Waals surface area contributed by atoms with Crippen molar-refractivity contribution >= 4 is 22.6 Å². The van der Waals surface area contributed by atoms with Gasteiger partial charge < -0.3 is 5.11 Å². The fourth-order valence-electron chi connectivity index (χ4n) is 1.74. The second kappa shape index (κ2) is 4.45. The van der Waals surface area contributed by atoms with Crippen molar-refractivity contribution in [3.8, 4) is 16.9 Å². The molecular formula is C14H13IO. The molecule has 0 saturated carbocycles. The van der Waals surface area contributed by atoms with Crippen LogP contribution in [0.25, 0.3) is 11.1 Å².